The van der Waals surface area contributed by atoms with E-state index in [9.17, 15) is 4.79 Å². The Morgan fingerprint density at radius 3 is 2.50 bits per heavy atom. The van der Waals surface area contributed by atoms with Crippen LogP contribution < -0.4 is 15.4 Å². The number of carbonyl (C=O) groups excluding carboxylic acids is 1. The van der Waals surface area contributed by atoms with E-state index in [4.69, 9.17) is 4.74 Å². The van der Waals surface area contributed by atoms with Crippen molar-refractivity contribution in [3.63, 3.8) is 0 Å². The summed E-state index contributed by atoms with van der Waals surface area (Å²) in [7, 11) is 1.54. The van der Waals surface area contributed by atoms with Crippen molar-refractivity contribution in [2.24, 2.45) is 0 Å². The molecule has 3 aromatic rings. The van der Waals surface area contributed by atoms with Crippen molar-refractivity contribution >= 4 is 17.4 Å². The number of anilines is 2. The first-order valence-corrected chi connectivity index (χ1v) is 8.35. The van der Waals surface area contributed by atoms with E-state index in [-0.39, 0.29) is 5.91 Å². The topological polar surface area (TPSA) is 63.2 Å². The average molecular weight is 347 g/mol. The number of nitrogens with zero attached hydrogens (tertiary/aromatic N) is 1. The van der Waals surface area contributed by atoms with E-state index in [1.54, 1.807) is 37.6 Å². The summed E-state index contributed by atoms with van der Waals surface area (Å²) in [5.41, 5.74) is 3.80. The second-order valence-electron chi connectivity index (χ2n) is 5.93. The second kappa shape index (κ2) is 8.16. The molecule has 0 spiro atoms. The number of carbonyl (C=O) groups is 1. The smallest absolute Gasteiger partial charge is 0.260 e. The van der Waals surface area contributed by atoms with Gasteiger partial charge in [-0.25, -0.2) is 4.98 Å². The molecule has 1 amide bonds. The fourth-order valence-corrected chi connectivity index (χ4v) is 2.50. The van der Waals surface area contributed by atoms with Gasteiger partial charge in [0.15, 0.2) is 0 Å². The van der Waals surface area contributed by atoms with Crippen LogP contribution in [-0.2, 0) is 6.54 Å². The third-order valence-electron chi connectivity index (χ3n) is 3.97. The van der Waals surface area contributed by atoms with Gasteiger partial charge < -0.3 is 15.4 Å². The van der Waals surface area contributed by atoms with Crippen molar-refractivity contribution in [1.82, 2.24) is 4.98 Å². The van der Waals surface area contributed by atoms with Crippen molar-refractivity contribution in [3.8, 4) is 5.75 Å². The third-order valence-corrected chi connectivity index (χ3v) is 3.97. The van der Waals surface area contributed by atoms with Gasteiger partial charge in [0.1, 0.15) is 11.6 Å². The van der Waals surface area contributed by atoms with Crippen molar-refractivity contribution < 1.29 is 9.53 Å². The lowest BCUT2D eigenvalue weighted by molar-refractivity contribution is 0.102. The fourth-order valence-electron chi connectivity index (χ4n) is 2.50. The number of hydrogen-bond acceptors (Lipinski definition) is 4. The van der Waals surface area contributed by atoms with Crippen LogP contribution in [0.2, 0.25) is 0 Å². The lowest BCUT2D eigenvalue weighted by atomic mass is 10.1. The SMILES string of the molecule is COc1ccccc1C(=O)Nc1ccc(NCc2ccc(C)cc2)cn1. The zero-order chi connectivity index (χ0) is 18.4. The summed E-state index contributed by atoms with van der Waals surface area (Å²) in [6, 6.07) is 19.1. The Balaban J connectivity index is 1.60. The number of nitrogens with one attached hydrogen (secondary N) is 2. The van der Waals surface area contributed by atoms with E-state index in [0.717, 1.165) is 12.2 Å². The maximum absolute atomic E-state index is 12.4. The number of rotatable bonds is 6. The van der Waals surface area contributed by atoms with E-state index in [2.05, 4.69) is 46.8 Å². The summed E-state index contributed by atoms with van der Waals surface area (Å²) in [5, 5.41) is 6.10. The predicted molar refractivity (Wildman–Crippen MR) is 104 cm³/mol. The van der Waals surface area contributed by atoms with Crippen molar-refractivity contribution in [2.45, 2.75) is 13.5 Å². The number of ether oxygens (including phenoxy) is 1. The first-order valence-electron chi connectivity index (χ1n) is 8.35. The number of benzene rings is 2. The first-order chi connectivity index (χ1) is 12.7. The molecule has 0 aliphatic carbocycles. The summed E-state index contributed by atoms with van der Waals surface area (Å²) in [6.45, 7) is 2.79. The van der Waals surface area contributed by atoms with Gasteiger partial charge in [-0.15, -0.1) is 0 Å². The average Bonchev–Trinajstić information content (AvgIpc) is 2.68. The Bertz CT molecular complexity index is 875. The number of aryl methyl sites for hydroxylation is 1. The van der Waals surface area contributed by atoms with Gasteiger partial charge in [0.05, 0.1) is 24.6 Å². The molecule has 1 heterocycles. The molecule has 0 bridgehead atoms. The largest absolute Gasteiger partial charge is 0.496 e. The lowest BCUT2D eigenvalue weighted by Crippen LogP contribution is -2.14. The Hall–Kier alpha value is -3.34. The Morgan fingerprint density at radius 2 is 1.81 bits per heavy atom. The van der Waals surface area contributed by atoms with Gasteiger partial charge in [0.25, 0.3) is 5.91 Å². The van der Waals surface area contributed by atoms with E-state index < -0.39 is 0 Å². The normalized spacial score (nSPS) is 10.2. The lowest BCUT2D eigenvalue weighted by Gasteiger charge is -2.10. The van der Waals surface area contributed by atoms with Crippen LogP contribution in [-0.4, -0.2) is 18.0 Å². The van der Waals surface area contributed by atoms with Crippen LogP contribution in [0.25, 0.3) is 0 Å². The molecule has 5 nitrogen and oxygen atoms in total. The molecule has 26 heavy (non-hydrogen) atoms. The van der Waals surface area contributed by atoms with Gasteiger partial charge in [-0.05, 0) is 36.8 Å². The minimum absolute atomic E-state index is 0.254. The molecule has 0 radical (unpaired) electrons. The molecule has 5 heteroatoms. The molecule has 0 aliphatic heterocycles. The van der Waals surface area contributed by atoms with Crippen LogP contribution in [0.1, 0.15) is 21.5 Å². The molecule has 0 atom stereocenters. The molecule has 0 saturated carbocycles. The summed E-state index contributed by atoms with van der Waals surface area (Å²) < 4.78 is 5.21. The molecule has 2 aromatic carbocycles. The molecule has 0 aliphatic rings. The minimum Gasteiger partial charge on any atom is -0.496 e. The van der Waals surface area contributed by atoms with Crippen molar-refractivity contribution in [2.75, 3.05) is 17.7 Å². The zero-order valence-corrected chi connectivity index (χ0v) is 14.8. The van der Waals surface area contributed by atoms with Crippen LogP contribution in [0.4, 0.5) is 11.5 Å². The summed E-state index contributed by atoms with van der Waals surface area (Å²) in [4.78, 5) is 16.7. The monoisotopic (exact) mass is 347 g/mol. The van der Waals surface area contributed by atoms with Crippen molar-refractivity contribution in [3.05, 3.63) is 83.6 Å². The standard InChI is InChI=1S/C21H21N3O2/c1-15-7-9-16(10-8-15)13-22-17-11-12-20(23-14-17)24-21(25)18-5-3-4-6-19(18)26-2/h3-12,14,22H,13H2,1-2H3,(H,23,24,25). The van der Waals surface area contributed by atoms with Crippen LogP contribution in [0.3, 0.4) is 0 Å². The molecule has 3 rings (SSSR count). The molecule has 132 valence electrons. The third kappa shape index (κ3) is 4.39. The van der Waals surface area contributed by atoms with Gasteiger partial charge in [0.2, 0.25) is 0 Å². The van der Waals surface area contributed by atoms with E-state index in [1.165, 1.54) is 11.1 Å². The fraction of sp³-hybridized carbons (Fsp3) is 0.143. The summed E-state index contributed by atoms with van der Waals surface area (Å²) in [6.07, 6.45) is 1.70. The first kappa shape index (κ1) is 17.5. The Morgan fingerprint density at radius 1 is 1.04 bits per heavy atom. The predicted octanol–water partition coefficient (Wildman–Crippen LogP) is 4.26. The molecule has 0 fully saturated rings. The number of pyridine rings is 1. The summed E-state index contributed by atoms with van der Waals surface area (Å²) in [5.74, 6) is 0.762. The van der Waals surface area contributed by atoms with Crippen LogP contribution >= 0.6 is 0 Å². The molecule has 1 aromatic heterocycles. The van der Waals surface area contributed by atoms with Crippen molar-refractivity contribution in [1.29, 1.82) is 0 Å². The highest BCUT2D eigenvalue weighted by Crippen LogP contribution is 2.19. The highest BCUT2D eigenvalue weighted by molar-refractivity contribution is 6.05. The highest BCUT2D eigenvalue weighted by Gasteiger charge is 2.12. The van der Waals surface area contributed by atoms with Gasteiger partial charge in [-0.3, -0.25) is 4.79 Å². The van der Waals surface area contributed by atoms with Crippen LogP contribution in [0.5, 0.6) is 5.75 Å². The van der Waals surface area contributed by atoms with Gasteiger partial charge >= 0.3 is 0 Å². The summed E-state index contributed by atoms with van der Waals surface area (Å²) >= 11 is 0. The van der Waals surface area contributed by atoms with E-state index in [1.807, 2.05) is 12.1 Å². The van der Waals surface area contributed by atoms with Gasteiger partial charge in [-0.1, -0.05) is 42.0 Å². The number of hydrogen-bond donors (Lipinski definition) is 2. The Labute approximate surface area is 153 Å². The maximum atomic E-state index is 12.4. The quantitative estimate of drug-likeness (QED) is 0.699. The zero-order valence-electron chi connectivity index (χ0n) is 14.8. The highest BCUT2D eigenvalue weighted by atomic mass is 16.5. The number of methoxy groups -OCH3 is 1. The Kier molecular flexibility index (Phi) is 5.49. The molecule has 2 N–H and O–H groups in total. The number of para-hydroxylation sites is 1. The minimum atomic E-state index is -0.254. The molecule has 0 saturated heterocycles. The van der Waals surface area contributed by atoms with Crippen LogP contribution in [0, 0.1) is 6.92 Å². The number of amides is 1. The molecule has 0 unspecified atom stereocenters. The molecular formula is C21H21N3O2. The van der Waals surface area contributed by atoms with Crippen LogP contribution in [0.15, 0.2) is 66.9 Å². The number of aromatic nitrogens is 1. The van der Waals surface area contributed by atoms with Gasteiger partial charge in [-0.2, -0.15) is 0 Å². The second-order valence-corrected chi connectivity index (χ2v) is 5.93. The van der Waals surface area contributed by atoms with E-state index in [0.29, 0.717) is 17.1 Å². The maximum Gasteiger partial charge on any atom is 0.260 e. The van der Waals surface area contributed by atoms with E-state index >= 15 is 0 Å². The molecular weight excluding hydrogens is 326 g/mol. The van der Waals surface area contributed by atoms with Gasteiger partial charge in [0, 0.05) is 6.54 Å².